The number of para-hydroxylation sites is 2. The molecule has 0 radical (unpaired) electrons. The highest BCUT2D eigenvalue weighted by atomic mass is 32.2. The van der Waals surface area contributed by atoms with Crippen LogP contribution in [0.3, 0.4) is 0 Å². The van der Waals surface area contributed by atoms with Crippen LogP contribution in [0.1, 0.15) is 30.0 Å². The Bertz CT molecular complexity index is 1430. The highest BCUT2D eigenvalue weighted by Crippen LogP contribution is 2.39. The molecular formula is C28H25FN4O4S. The standard InChI is InChI=1S/C28H25FN4O4S/c1-36-18-13-11-17(12-14-18)22-15-23(19-7-3-4-8-20(19)29)33(32-22)28-31-27(35)25(38-28)16-26(34)30-21-9-5-6-10-24(21)37-2/h3-14,23,25H,15-16H2,1-2H3,(H,30,34)/t23-,25+/m0/s1. The first-order valence-electron chi connectivity index (χ1n) is 11.9. The number of amides is 2. The van der Waals surface area contributed by atoms with E-state index in [4.69, 9.17) is 14.6 Å². The number of aliphatic imine (C=N–C) groups is 1. The molecule has 3 aromatic carbocycles. The van der Waals surface area contributed by atoms with Crippen LogP contribution in [-0.4, -0.2) is 47.2 Å². The Balaban J connectivity index is 1.36. The molecule has 0 unspecified atom stereocenters. The predicted molar refractivity (Wildman–Crippen MR) is 145 cm³/mol. The summed E-state index contributed by atoms with van der Waals surface area (Å²) in [6.45, 7) is 0. The zero-order valence-electron chi connectivity index (χ0n) is 20.8. The summed E-state index contributed by atoms with van der Waals surface area (Å²) in [6, 6.07) is 20.5. The van der Waals surface area contributed by atoms with E-state index in [2.05, 4.69) is 10.3 Å². The van der Waals surface area contributed by atoms with E-state index in [9.17, 15) is 14.0 Å². The highest BCUT2D eigenvalue weighted by Gasteiger charge is 2.40. The zero-order valence-corrected chi connectivity index (χ0v) is 21.6. The first-order valence-corrected chi connectivity index (χ1v) is 12.8. The number of halogens is 1. The number of benzene rings is 3. The van der Waals surface area contributed by atoms with Gasteiger partial charge in [-0.15, -0.1) is 0 Å². The molecule has 8 nitrogen and oxygen atoms in total. The van der Waals surface area contributed by atoms with Gasteiger partial charge < -0.3 is 14.8 Å². The van der Waals surface area contributed by atoms with Crippen molar-refractivity contribution in [2.24, 2.45) is 10.1 Å². The largest absolute Gasteiger partial charge is 0.497 e. The predicted octanol–water partition coefficient (Wildman–Crippen LogP) is 5.02. The second kappa shape index (κ2) is 11.1. The maximum atomic E-state index is 14.9. The minimum atomic E-state index is -0.721. The van der Waals surface area contributed by atoms with E-state index in [1.165, 1.54) is 13.2 Å². The fourth-order valence-corrected chi connectivity index (χ4v) is 5.42. The van der Waals surface area contributed by atoms with Gasteiger partial charge in [-0.2, -0.15) is 10.1 Å². The Morgan fingerprint density at radius 3 is 2.53 bits per heavy atom. The number of carbonyl (C=O) groups is 2. The molecule has 194 valence electrons. The molecule has 38 heavy (non-hydrogen) atoms. The molecule has 0 saturated carbocycles. The summed E-state index contributed by atoms with van der Waals surface area (Å²) in [7, 11) is 3.11. The third-order valence-electron chi connectivity index (χ3n) is 6.27. The van der Waals surface area contributed by atoms with Crippen LogP contribution >= 0.6 is 11.8 Å². The summed E-state index contributed by atoms with van der Waals surface area (Å²) in [5.41, 5.74) is 2.56. The molecule has 0 spiro atoms. The van der Waals surface area contributed by atoms with Crippen molar-refractivity contribution in [3.8, 4) is 11.5 Å². The number of ether oxygens (including phenoxy) is 2. The van der Waals surface area contributed by atoms with Gasteiger partial charge in [0.1, 0.15) is 22.6 Å². The van der Waals surface area contributed by atoms with Gasteiger partial charge in [0.25, 0.3) is 5.91 Å². The van der Waals surface area contributed by atoms with Crippen molar-refractivity contribution in [3.05, 3.63) is 89.7 Å². The molecule has 0 saturated heterocycles. The number of hydrogen-bond donors (Lipinski definition) is 1. The minimum absolute atomic E-state index is 0.0815. The summed E-state index contributed by atoms with van der Waals surface area (Å²) in [5.74, 6) is 0.0991. The Labute approximate surface area is 223 Å². The highest BCUT2D eigenvalue weighted by molar-refractivity contribution is 8.15. The number of anilines is 1. The number of amidine groups is 1. The topological polar surface area (TPSA) is 92.6 Å². The second-order valence-electron chi connectivity index (χ2n) is 8.65. The molecule has 2 aliphatic rings. The number of thioether (sulfide) groups is 1. The molecule has 2 atom stereocenters. The minimum Gasteiger partial charge on any atom is -0.497 e. The third-order valence-corrected chi connectivity index (χ3v) is 7.42. The fraction of sp³-hybridized carbons (Fsp3) is 0.214. The molecule has 2 aliphatic heterocycles. The lowest BCUT2D eigenvalue weighted by atomic mass is 9.98. The molecule has 0 bridgehead atoms. The molecule has 0 aromatic heterocycles. The number of hydrogen-bond acceptors (Lipinski definition) is 7. The van der Waals surface area contributed by atoms with Crippen LogP contribution < -0.4 is 14.8 Å². The number of nitrogens with one attached hydrogen (secondary N) is 1. The average Bonchev–Trinajstić information content (AvgIpc) is 3.53. The number of methoxy groups -OCH3 is 2. The zero-order chi connectivity index (χ0) is 26.6. The molecule has 2 amide bonds. The van der Waals surface area contributed by atoms with Crippen molar-refractivity contribution in [2.45, 2.75) is 24.1 Å². The van der Waals surface area contributed by atoms with Crippen LogP contribution in [0.25, 0.3) is 0 Å². The summed E-state index contributed by atoms with van der Waals surface area (Å²) < 4.78 is 25.4. The SMILES string of the molecule is COc1ccc(C2=NN(C3=NC(=O)[C@@H](CC(=O)Nc4ccccc4OC)S3)[C@H](c3ccccc3F)C2)cc1. The lowest BCUT2D eigenvalue weighted by molar-refractivity contribution is -0.121. The van der Waals surface area contributed by atoms with E-state index >= 15 is 0 Å². The number of carbonyl (C=O) groups excluding carboxylic acids is 2. The van der Waals surface area contributed by atoms with Crippen molar-refractivity contribution < 1.29 is 23.5 Å². The van der Waals surface area contributed by atoms with Crippen LogP contribution in [0.5, 0.6) is 11.5 Å². The normalized spacial score (nSPS) is 18.7. The average molecular weight is 533 g/mol. The van der Waals surface area contributed by atoms with Gasteiger partial charge in [-0.25, -0.2) is 9.40 Å². The summed E-state index contributed by atoms with van der Waals surface area (Å²) >= 11 is 1.16. The van der Waals surface area contributed by atoms with Gasteiger partial charge >= 0.3 is 0 Å². The maximum Gasteiger partial charge on any atom is 0.262 e. The van der Waals surface area contributed by atoms with E-state index in [1.807, 2.05) is 24.3 Å². The van der Waals surface area contributed by atoms with Crippen LogP contribution in [0.4, 0.5) is 10.1 Å². The molecule has 3 aromatic rings. The second-order valence-corrected chi connectivity index (χ2v) is 9.82. The molecule has 1 N–H and O–H groups in total. The van der Waals surface area contributed by atoms with Gasteiger partial charge in [0.2, 0.25) is 5.91 Å². The molecule has 2 heterocycles. The van der Waals surface area contributed by atoms with Crippen molar-refractivity contribution in [2.75, 3.05) is 19.5 Å². The third kappa shape index (κ3) is 5.26. The quantitative estimate of drug-likeness (QED) is 0.459. The first-order chi connectivity index (χ1) is 18.5. The van der Waals surface area contributed by atoms with Crippen molar-refractivity contribution >= 4 is 40.1 Å². The Hall–Kier alpha value is -4.18. The maximum absolute atomic E-state index is 14.9. The Kier molecular flexibility index (Phi) is 7.41. The molecule has 10 heteroatoms. The van der Waals surface area contributed by atoms with E-state index < -0.39 is 17.2 Å². The van der Waals surface area contributed by atoms with Crippen LogP contribution in [0.2, 0.25) is 0 Å². The molecule has 0 aliphatic carbocycles. The van der Waals surface area contributed by atoms with Gasteiger partial charge in [0.15, 0.2) is 5.17 Å². The van der Waals surface area contributed by atoms with E-state index in [0.717, 1.165) is 23.0 Å². The molecular weight excluding hydrogens is 507 g/mol. The van der Waals surface area contributed by atoms with Gasteiger partial charge in [0, 0.05) is 18.4 Å². The fourth-order valence-electron chi connectivity index (χ4n) is 4.35. The van der Waals surface area contributed by atoms with E-state index in [-0.39, 0.29) is 18.1 Å². The summed E-state index contributed by atoms with van der Waals surface area (Å²) in [4.78, 5) is 29.8. The molecule has 0 fully saturated rings. The van der Waals surface area contributed by atoms with Crippen molar-refractivity contribution in [1.82, 2.24) is 5.01 Å². The summed E-state index contributed by atoms with van der Waals surface area (Å²) in [5, 5.41) is 8.76. The number of hydrazone groups is 1. The lowest BCUT2D eigenvalue weighted by Gasteiger charge is -2.23. The van der Waals surface area contributed by atoms with Crippen LogP contribution in [0, 0.1) is 5.82 Å². The van der Waals surface area contributed by atoms with Gasteiger partial charge in [-0.1, -0.05) is 42.1 Å². The smallest absolute Gasteiger partial charge is 0.262 e. The Morgan fingerprint density at radius 1 is 1.05 bits per heavy atom. The Morgan fingerprint density at radius 2 is 1.79 bits per heavy atom. The monoisotopic (exact) mass is 532 g/mol. The van der Waals surface area contributed by atoms with Gasteiger partial charge in [-0.3, -0.25) is 9.59 Å². The number of rotatable bonds is 7. The molecule has 5 rings (SSSR count). The van der Waals surface area contributed by atoms with E-state index in [1.54, 1.807) is 54.6 Å². The summed E-state index contributed by atoms with van der Waals surface area (Å²) in [6.07, 6.45) is 0.335. The van der Waals surface area contributed by atoms with Crippen LogP contribution in [0.15, 0.2) is 82.9 Å². The lowest BCUT2D eigenvalue weighted by Crippen LogP contribution is -2.25. The number of nitrogens with zero attached hydrogens (tertiary/aromatic N) is 3. The first kappa shape index (κ1) is 25.5. The van der Waals surface area contributed by atoms with Gasteiger partial charge in [-0.05, 0) is 48.0 Å². The van der Waals surface area contributed by atoms with Crippen molar-refractivity contribution in [3.63, 3.8) is 0 Å². The van der Waals surface area contributed by atoms with Crippen LogP contribution in [-0.2, 0) is 9.59 Å². The van der Waals surface area contributed by atoms with E-state index in [0.29, 0.717) is 34.3 Å². The van der Waals surface area contributed by atoms with Gasteiger partial charge in [0.05, 0.1) is 31.7 Å². The van der Waals surface area contributed by atoms with Crippen molar-refractivity contribution in [1.29, 1.82) is 0 Å².